The Balaban J connectivity index is 1.77. The number of carbonyl (C=O) groups is 2. The summed E-state index contributed by atoms with van der Waals surface area (Å²) < 4.78 is 6.79. The molecule has 6 nitrogen and oxygen atoms in total. The topological polar surface area (TPSA) is 73.2 Å². The van der Waals surface area contributed by atoms with Gasteiger partial charge in [0.1, 0.15) is 0 Å². The lowest BCUT2D eigenvalue weighted by molar-refractivity contribution is -0.148. The van der Waals surface area contributed by atoms with E-state index in [1.54, 1.807) is 0 Å². The van der Waals surface area contributed by atoms with E-state index in [1.165, 1.54) is 7.11 Å². The van der Waals surface area contributed by atoms with E-state index in [0.717, 1.165) is 36.2 Å². The van der Waals surface area contributed by atoms with Crippen LogP contribution in [0, 0.1) is 31.6 Å². The number of nitrogens with zero attached hydrogens (tertiary/aromatic N) is 2. The van der Waals surface area contributed by atoms with Crippen LogP contribution in [0.1, 0.15) is 49.1 Å². The van der Waals surface area contributed by atoms with Crippen LogP contribution in [0.4, 0.5) is 0 Å². The Labute approximate surface area is 142 Å². The van der Waals surface area contributed by atoms with Gasteiger partial charge in [0.15, 0.2) is 0 Å². The van der Waals surface area contributed by atoms with Gasteiger partial charge in [-0.2, -0.15) is 5.10 Å². The van der Waals surface area contributed by atoms with Gasteiger partial charge in [-0.25, -0.2) is 0 Å². The first-order chi connectivity index (χ1) is 11.3. The standard InChI is InChI=1S/C18H27N3O3/c1-9(14-10(2)20-21(4)11(14)3)17(22)19-16-13-7-6-12(8-13)15(16)18(23)24-5/h9,12-13,15-16H,6-8H2,1-5H3,(H,19,22). The third-order valence-electron chi connectivity index (χ3n) is 6.09. The molecule has 2 fully saturated rings. The second-order valence-electron chi connectivity index (χ2n) is 7.35. The smallest absolute Gasteiger partial charge is 0.311 e. The Kier molecular flexibility index (Phi) is 4.40. The van der Waals surface area contributed by atoms with Crippen LogP contribution in [0.25, 0.3) is 0 Å². The first-order valence-electron chi connectivity index (χ1n) is 8.73. The number of aryl methyl sites for hydroxylation is 2. The third-order valence-corrected chi connectivity index (χ3v) is 6.09. The van der Waals surface area contributed by atoms with Crippen LogP contribution in [-0.4, -0.2) is 34.8 Å². The average molecular weight is 333 g/mol. The van der Waals surface area contributed by atoms with Crippen molar-refractivity contribution in [2.45, 2.75) is 52.0 Å². The number of hydrogen-bond acceptors (Lipinski definition) is 4. The molecule has 3 rings (SSSR count). The zero-order valence-electron chi connectivity index (χ0n) is 15.1. The largest absolute Gasteiger partial charge is 0.469 e. The van der Waals surface area contributed by atoms with Gasteiger partial charge in [-0.3, -0.25) is 14.3 Å². The molecule has 0 spiro atoms. The predicted octanol–water partition coefficient (Wildman–Crippen LogP) is 1.84. The van der Waals surface area contributed by atoms with Crippen LogP contribution in [0.5, 0.6) is 0 Å². The number of carbonyl (C=O) groups excluding carboxylic acids is 2. The van der Waals surface area contributed by atoms with E-state index >= 15 is 0 Å². The number of rotatable bonds is 4. The SMILES string of the molecule is COC(=O)C1C2CCC(C2)C1NC(=O)C(C)c1c(C)nn(C)c1C. The lowest BCUT2D eigenvalue weighted by Gasteiger charge is -2.30. The first kappa shape index (κ1) is 17.0. The third kappa shape index (κ3) is 2.62. The molecule has 132 valence electrons. The minimum absolute atomic E-state index is 0.0272. The van der Waals surface area contributed by atoms with E-state index in [9.17, 15) is 9.59 Å². The number of nitrogens with one attached hydrogen (secondary N) is 1. The molecule has 5 atom stereocenters. The molecule has 2 aliphatic rings. The molecule has 1 aromatic rings. The second-order valence-corrected chi connectivity index (χ2v) is 7.35. The molecule has 1 amide bonds. The van der Waals surface area contributed by atoms with Crippen molar-refractivity contribution in [3.63, 3.8) is 0 Å². The van der Waals surface area contributed by atoms with E-state index in [0.29, 0.717) is 11.8 Å². The molecular formula is C18H27N3O3. The molecular weight excluding hydrogens is 306 g/mol. The predicted molar refractivity (Wildman–Crippen MR) is 89.4 cm³/mol. The minimum Gasteiger partial charge on any atom is -0.469 e. The monoisotopic (exact) mass is 333 g/mol. The summed E-state index contributed by atoms with van der Waals surface area (Å²) >= 11 is 0. The summed E-state index contributed by atoms with van der Waals surface area (Å²) in [7, 11) is 3.32. The quantitative estimate of drug-likeness (QED) is 0.854. The van der Waals surface area contributed by atoms with Crippen molar-refractivity contribution in [1.82, 2.24) is 15.1 Å². The van der Waals surface area contributed by atoms with E-state index in [1.807, 2.05) is 32.5 Å². The highest BCUT2D eigenvalue weighted by Gasteiger charge is 2.52. The number of hydrogen-bond donors (Lipinski definition) is 1. The summed E-state index contributed by atoms with van der Waals surface area (Å²) in [5, 5.41) is 7.56. The first-order valence-corrected chi connectivity index (χ1v) is 8.73. The van der Waals surface area contributed by atoms with Crippen molar-refractivity contribution in [2.75, 3.05) is 7.11 Å². The van der Waals surface area contributed by atoms with Gasteiger partial charge in [-0.05, 0) is 51.9 Å². The molecule has 1 heterocycles. The molecule has 5 unspecified atom stereocenters. The van der Waals surface area contributed by atoms with Crippen molar-refractivity contribution < 1.29 is 14.3 Å². The van der Waals surface area contributed by atoms with Crippen molar-refractivity contribution in [1.29, 1.82) is 0 Å². The normalized spacial score (nSPS) is 29.5. The van der Waals surface area contributed by atoms with Crippen LogP contribution in [0.3, 0.4) is 0 Å². The van der Waals surface area contributed by atoms with E-state index in [4.69, 9.17) is 4.74 Å². The summed E-state index contributed by atoms with van der Waals surface area (Å²) in [6, 6.07) is -0.0940. The maximum absolute atomic E-state index is 12.8. The molecule has 0 aromatic carbocycles. The fraction of sp³-hybridized carbons (Fsp3) is 0.722. The lowest BCUT2D eigenvalue weighted by atomic mass is 9.84. The van der Waals surface area contributed by atoms with E-state index in [-0.39, 0.29) is 29.8 Å². The van der Waals surface area contributed by atoms with Gasteiger partial charge in [-0.1, -0.05) is 0 Å². The number of methoxy groups -OCH3 is 1. The molecule has 1 N–H and O–H groups in total. The Hall–Kier alpha value is -1.85. The van der Waals surface area contributed by atoms with Crippen LogP contribution >= 0.6 is 0 Å². The van der Waals surface area contributed by atoms with Crippen LogP contribution in [0.2, 0.25) is 0 Å². The van der Waals surface area contributed by atoms with Gasteiger partial charge in [0.2, 0.25) is 5.91 Å². The fourth-order valence-electron chi connectivity index (χ4n) is 4.81. The van der Waals surface area contributed by atoms with Crippen LogP contribution in [0.15, 0.2) is 0 Å². The number of amides is 1. The molecule has 24 heavy (non-hydrogen) atoms. The van der Waals surface area contributed by atoms with Gasteiger partial charge in [-0.15, -0.1) is 0 Å². The number of ether oxygens (including phenoxy) is 1. The summed E-state index contributed by atoms with van der Waals surface area (Å²) in [5.41, 5.74) is 2.87. The molecule has 2 saturated carbocycles. The highest BCUT2D eigenvalue weighted by molar-refractivity contribution is 5.85. The molecule has 6 heteroatoms. The maximum atomic E-state index is 12.8. The Morgan fingerprint density at radius 3 is 2.54 bits per heavy atom. The van der Waals surface area contributed by atoms with Crippen molar-refractivity contribution in [2.24, 2.45) is 24.8 Å². The molecule has 0 radical (unpaired) electrons. The van der Waals surface area contributed by atoms with Gasteiger partial charge in [0, 0.05) is 24.3 Å². The zero-order valence-corrected chi connectivity index (χ0v) is 15.1. The van der Waals surface area contributed by atoms with Crippen LogP contribution < -0.4 is 5.32 Å². The Bertz CT molecular complexity index is 667. The summed E-state index contributed by atoms with van der Waals surface area (Å²) in [4.78, 5) is 25.0. The fourth-order valence-corrected chi connectivity index (χ4v) is 4.81. The van der Waals surface area contributed by atoms with Crippen molar-refractivity contribution in [3.05, 3.63) is 17.0 Å². The number of esters is 1. The van der Waals surface area contributed by atoms with Gasteiger partial charge in [0.25, 0.3) is 0 Å². The molecule has 0 aliphatic heterocycles. The molecule has 2 bridgehead atoms. The summed E-state index contributed by atoms with van der Waals surface area (Å²) in [5.74, 6) is 0.0583. The zero-order chi connectivity index (χ0) is 17.6. The highest BCUT2D eigenvalue weighted by Crippen LogP contribution is 2.49. The second kappa shape index (κ2) is 6.22. The van der Waals surface area contributed by atoms with Crippen LogP contribution in [-0.2, 0) is 21.4 Å². The van der Waals surface area contributed by atoms with Crippen molar-refractivity contribution in [3.8, 4) is 0 Å². The van der Waals surface area contributed by atoms with Gasteiger partial charge in [0.05, 0.1) is 24.6 Å². The average Bonchev–Trinajstić information content (AvgIpc) is 3.21. The van der Waals surface area contributed by atoms with Gasteiger partial charge < -0.3 is 10.1 Å². The van der Waals surface area contributed by atoms with E-state index in [2.05, 4.69) is 10.4 Å². The highest BCUT2D eigenvalue weighted by atomic mass is 16.5. The van der Waals surface area contributed by atoms with Crippen molar-refractivity contribution >= 4 is 11.9 Å². The molecule has 1 aromatic heterocycles. The summed E-state index contributed by atoms with van der Waals surface area (Å²) in [6.45, 7) is 5.82. The Morgan fingerprint density at radius 2 is 1.96 bits per heavy atom. The minimum atomic E-state index is -0.281. The number of aromatic nitrogens is 2. The summed E-state index contributed by atoms with van der Waals surface area (Å²) in [6.07, 6.45) is 3.17. The Morgan fingerprint density at radius 1 is 1.29 bits per heavy atom. The number of fused-ring (bicyclic) bond motifs is 2. The maximum Gasteiger partial charge on any atom is 0.311 e. The molecule has 2 aliphatic carbocycles. The lowest BCUT2D eigenvalue weighted by Crippen LogP contribution is -2.48. The van der Waals surface area contributed by atoms with E-state index < -0.39 is 0 Å². The van der Waals surface area contributed by atoms with Gasteiger partial charge >= 0.3 is 5.97 Å². The molecule has 0 saturated heterocycles.